The second kappa shape index (κ2) is 8.90. The van der Waals surface area contributed by atoms with Crippen LogP contribution >= 0.6 is 0 Å². The number of imidazole rings is 1. The first kappa shape index (κ1) is 20.6. The Balaban J connectivity index is 2.01. The molecule has 2 aromatic heterocycles. The van der Waals surface area contributed by atoms with Gasteiger partial charge in [-0.1, -0.05) is 45.0 Å². The van der Waals surface area contributed by atoms with Gasteiger partial charge in [0.25, 0.3) is 11.8 Å². The number of pyridine rings is 1. The predicted octanol–water partition coefficient (Wildman–Crippen LogP) is 4.24. The highest BCUT2D eigenvalue weighted by Crippen LogP contribution is 2.24. The molecular weight excluding hydrogens is 364 g/mol. The maximum Gasteiger partial charge on any atom is 0.292 e. The van der Waals surface area contributed by atoms with Crippen molar-refractivity contribution in [1.29, 1.82) is 0 Å². The van der Waals surface area contributed by atoms with E-state index in [4.69, 9.17) is 0 Å². The van der Waals surface area contributed by atoms with Crippen molar-refractivity contribution in [1.82, 2.24) is 14.7 Å². The number of fused-ring (bicyclic) bond motifs is 1. The molecule has 2 N–H and O–H groups in total. The summed E-state index contributed by atoms with van der Waals surface area (Å²) in [6.07, 6.45) is 4.20. The Bertz CT molecular complexity index is 1020. The van der Waals surface area contributed by atoms with Crippen molar-refractivity contribution in [3.8, 4) is 0 Å². The maximum atomic E-state index is 13.2. The molecule has 0 aliphatic carbocycles. The van der Waals surface area contributed by atoms with Crippen molar-refractivity contribution in [2.45, 2.75) is 53.0 Å². The fraction of sp³-hybridized carbons (Fsp3) is 0.348. The SMILES string of the molecule is CCc1cccc(CC)c1NC(=O)c1nc(C(=O)NC(C)CC)c2ccccn12. The molecule has 6 nitrogen and oxygen atoms in total. The van der Waals surface area contributed by atoms with Crippen molar-refractivity contribution >= 4 is 23.0 Å². The fourth-order valence-electron chi connectivity index (χ4n) is 3.33. The Labute approximate surface area is 171 Å². The van der Waals surface area contributed by atoms with Gasteiger partial charge in [0.15, 0.2) is 5.69 Å². The van der Waals surface area contributed by atoms with E-state index in [0.29, 0.717) is 5.52 Å². The lowest BCUT2D eigenvalue weighted by molar-refractivity contribution is 0.0936. The molecule has 0 aliphatic rings. The summed E-state index contributed by atoms with van der Waals surface area (Å²) in [5.74, 6) is -0.405. The Hall–Kier alpha value is -3.15. The molecule has 1 atom stereocenters. The van der Waals surface area contributed by atoms with E-state index in [1.54, 1.807) is 16.7 Å². The minimum absolute atomic E-state index is 0.0313. The summed E-state index contributed by atoms with van der Waals surface area (Å²) in [6, 6.07) is 11.5. The molecule has 0 aliphatic heterocycles. The van der Waals surface area contributed by atoms with Crippen LogP contribution in [0.3, 0.4) is 0 Å². The number of rotatable bonds is 7. The van der Waals surface area contributed by atoms with Crippen LogP contribution in [0.1, 0.15) is 66.4 Å². The van der Waals surface area contributed by atoms with Crippen LogP contribution in [-0.4, -0.2) is 27.2 Å². The molecule has 0 bridgehead atoms. The van der Waals surface area contributed by atoms with Gasteiger partial charge in [-0.05, 0) is 49.4 Å². The van der Waals surface area contributed by atoms with Gasteiger partial charge in [-0.3, -0.25) is 14.0 Å². The summed E-state index contributed by atoms with van der Waals surface area (Å²) in [6.45, 7) is 8.07. The summed E-state index contributed by atoms with van der Waals surface area (Å²) < 4.78 is 1.67. The van der Waals surface area contributed by atoms with Gasteiger partial charge in [0.2, 0.25) is 5.82 Å². The zero-order valence-electron chi connectivity index (χ0n) is 17.5. The Morgan fingerprint density at radius 1 is 1.00 bits per heavy atom. The van der Waals surface area contributed by atoms with Crippen LogP contribution in [0.5, 0.6) is 0 Å². The predicted molar refractivity (Wildman–Crippen MR) is 116 cm³/mol. The highest BCUT2D eigenvalue weighted by atomic mass is 16.2. The first-order valence-electron chi connectivity index (χ1n) is 10.2. The molecule has 6 heteroatoms. The van der Waals surface area contributed by atoms with E-state index in [1.807, 2.05) is 44.2 Å². The van der Waals surface area contributed by atoms with Crippen molar-refractivity contribution in [3.05, 3.63) is 65.2 Å². The van der Waals surface area contributed by atoms with Gasteiger partial charge in [0, 0.05) is 17.9 Å². The highest BCUT2D eigenvalue weighted by molar-refractivity contribution is 6.06. The number of hydrogen-bond donors (Lipinski definition) is 2. The molecule has 0 spiro atoms. The summed E-state index contributed by atoms with van der Waals surface area (Å²) in [4.78, 5) is 30.3. The third-order valence-corrected chi connectivity index (χ3v) is 5.19. The van der Waals surface area contributed by atoms with Crippen LogP contribution in [-0.2, 0) is 12.8 Å². The van der Waals surface area contributed by atoms with E-state index in [0.717, 1.165) is 36.1 Å². The molecule has 152 valence electrons. The normalized spacial score (nSPS) is 12.0. The largest absolute Gasteiger partial charge is 0.348 e. The first-order chi connectivity index (χ1) is 14.0. The molecule has 0 radical (unpaired) electrons. The lowest BCUT2D eigenvalue weighted by Gasteiger charge is -2.14. The number of carbonyl (C=O) groups is 2. The van der Waals surface area contributed by atoms with E-state index in [-0.39, 0.29) is 29.4 Å². The van der Waals surface area contributed by atoms with Crippen molar-refractivity contribution in [3.63, 3.8) is 0 Å². The number of amides is 2. The van der Waals surface area contributed by atoms with Crippen molar-refractivity contribution in [2.24, 2.45) is 0 Å². The summed E-state index contributed by atoms with van der Waals surface area (Å²) in [5, 5.41) is 5.97. The highest BCUT2D eigenvalue weighted by Gasteiger charge is 2.23. The third kappa shape index (κ3) is 4.16. The van der Waals surface area contributed by atoms with E-state index >= 15 is 0 Å². The quantitative estimate of drug-likeness (QED) is 0.631. The smallest absolute Gasteiger partial charge is 0.292 e. The molecule has 0 saturated heterocycles. The Morgan fingerprint density at radius 3 is 2.31 bits per heavy atom. The number of nitrogens with zero attached hydrogens (tertiary/aromatic N) is 2. The van der Waals surface area contributed by atoms with Crippen LogP contribution in [0.15, 0.2) is 42.6 Å². The Morgan fingerprint density at radius 2 is 1.69 bits per heavy atom. The average molecular weight is 393 g/mol. The summed E-state index contributed by atoms with van der Waals surface area (Å²) in [5.41, 5.74) is 3.86. The molecule has 3 rings (SSSR count). The molecule has 29 heavy (non-hydrogen) atoms. The minimum atomic E-state index is -0.329. The standard InChI is InChI=1S/C23H28N4O2/c1-5-15(4)24-22(28)20-18-13-8-9-14-27(18)21(25-20)23(29)26-19-16(6-2)11-10-12-17(19)7-3/h8-15H,5-7H2,1-4H3,(H,24,28)(H,26,29). The van der Waals surface area contributed by atoms with E-state index in [1.165, 1.54) is 0 Å². The number of carbonyl (C=O) groups excluding carboxylic acids is 2. The number of aryl methyl sites for hydroxylation is 2. The first-order valence-corrected chi connectivity index (χ1v) is 10.2. The van der Waals surface area contributed by atoms with Gasteiger partial charge >= 0.3 is 0 Å². The van der Waals surface area contributed by atoms with Crippen molar-refractivity contribution in [2.75, 3.05) is 5.32 Å². The minimum Gasteiger partial charge on any atom is -0.348 e. The van der Waals surface area contributed by atoms with Gasteiger partial charge < -0.3 is 10.6 Å². The van der Waals surface area contributed by atoms with Gasteiger partial charge in [0.1, 0.15) is 0 Å². The lowest BCUT2D eigenvalue weighted by Crippen LogP contribution is -2.32. The lowest BCUT2D eigenvalue weighted by atomic mass is 10.0. The number of para-hydroxylation sites is 1. The van der Waals surface area contributed by atoms with E-state index in [9.17, 15) is 9.59 Å². The van der Waals surface area contributed by atoms with Crippen molar-refractivity contribution < 1.29 is 9.59 Å². The molecule has 2 heterocycles. The third-order valence-electron chi connectivity index (χ3n) is 5.19. The second-order valence-electron chi connectivity index (χ2n) is 7.14. The maximum absolute atomic E-state index is 13.2. The van der Waals surface area contributed by atoms with E-state index < -0.39 is 0 Å². The number of nitrogens with one attached hydrogen (secondary N) is 2. The molecule has 1 aromatic carbocycles. The van der Waals surface area contributed by atoms with Crippen LogP contribution in [0, 0.1) is 0 Å². The summed E-state index contributed by atoms with van der Waals surface area (Å²) in [7, 11) is 0. The zero-order valence-corrected chi connectivity index (χ0v) is 17.5. The molecule has 3 aromatic rings. The van der Waals surface area contributed by atoms with Gasteiger partial charge in [-0.2, -0.15) is 0 Å². The van der Waals surface area contributed by atoms with Crippen LogP contribution in [0.4, 0.5) is 5.69 Å². The van der Waals surface area contributed by atoms with E-state index in [2.05, 4.69) is 29.5 Å². The van der Waals surface area contributed by atoms with Gasteiger partial charge in [-0.15, -0.1) is 0 Å². The number of anilines is 1. The van der Waals surface area contributed by atoms with Crippen LogP contribution in [0.25, 0.3) is 5.52 Å². The topological polar surface area (TPSA) is 75.5 Å². The van der Waals surface area contributed by atoms with Crippen LogP contribution < -0.4 is 10.6 Å². The molecule has 1 unspecified atom stereocenters. The molecule has 0 saturated carbocycles. The van der Waals surface area contributed by atoms with Gasteiger partial charge in [0.05, 0.1) is 5.52 Å². The summed E-state index contributed by atoms with van der Waals surface area (Å²) >= 11 is 0. The average Bonchev–Trinajstić information content (AvgIpc) is 3.13. The zero-order chi connectivity index (χ0) is 21.0. The molecule has 2 amide bonds. The van der Waals surface area contributed by atoms with Crippen LogP contribution in [0.2, 0.25) is 0 Å². The monoisotopic (exact) mass is 392 g/mol. The number of benzene rings is 1. The second-order valence-corrected chi connectivity index (χ2v) is 7.14. The number of aromatic nitrogens is 2. The molecule has 0 fully saturated rings. The fourth-order valence-corrected chi connectivity index (χ4v) is 3.33. The molecular formula is C23H28N4O2. The Kier molecular flexibility index (Phi) is 6.32. The number of hydrogen-bond acceptors (Lipinski definition) is 3. The van der Waals surface area contributed by atoms with Gasteiger partial charge in [-0.25, -0.2) is 4.98 Å².